The minimum Gasteiger partial charge on any atom is -0.501 e. The third-order valence-electron chi connectivity index (χ3n) is 3.45. The Morgan fingerprint density at radius 2 is 1.92 bits per heavy atom. The molecule has 8 heteroatoms. The van der Waals surface area contributed by atoms with Gasteiger partial charge in [0.25, 0.3) is 5.56 Å². The molecule has 0 fully saturated rings. The summed E-state index contributed by atoms with van der Waals surface area (Å²) in [7, 11) is 0. The minimum atomic E-state index is -1.13. The molecular weight excluding hydrogens is 326 g/mol. The molecule has 0 aliphatic carbocycles. The number of aromatic hydroxyl groups is 1. The van der Waals surface area contributed by atoms with Crippen molar-refractivity contribution in [1.29, 1.82) is 0 Å². The Morgan fingerprint density at radius 1 is 1.28 bits per heavy atom. The maximum atomic E-state index is 12.0. The van der Waals surface area contributed by atoms with Gasteiger partial charge in [0.1, 0.15) is 12.4 Å². The smallest absolute Gasteiger partial charge is 0.408 e. The third-order valence-corrected chi connectivity index (χ3v) is 3.45. The molecule has 0 saturated carbocycles. The summed E-state index contributed by atoms with van der Waals surface area (Å²) in [6.45, 7) is 4.42. The molecule has 132 valence electrons. The van der Waals surface area contributed by atoms with Crippen molar-refractivity contribution in [3.05, 3.63) is 57.8 Å². The zero-order valence-corrected chi connectivity index (χ0v) is 14.1. The lowest BCUT2D eigenvalue weighted by atomic mass is 10.0. The van der Waals surface area contributed by atoms with Gasteiger partial charge in [-0.25, -0.2) is 9.78 Å². The average molecular weight is 345 g/mol. The molecule has 0 saturated heterocycles. The summed E-state index contributed by atoms with van der Waals surface area (Å²) < 4.78 is 5.13. The van der Waals surface area contributed by atoms with Gasteiger partial charge >= 0.3 is 6.09 Å². The second-order valence-electron chi connectivity index (χ2n) is 5.98. The monoisotopic (exact) mass is 345 g/mol. The molecule has 25 heavy (non-hydrogen) atoms. The van der Waals surface area contributed by atoms with E-state index in [-0.39, 0.29) is 18.1 Å². The number of alkyl carbamates (subject to hydrolysis) is 1. The van der Waals surface area contributed by atoms with E-state index in [1.807, 2.05) is 30.3 Å². The molecule has 0 bridgehead atoms. The van der Waals surface area contributed by atoms with Crippen LogP contribution in [-0.2, 0) is 16.9 Å². The van der Waals surface area contributed by atoms with Gasteiger partial charge in [0.15, 0.2) is 11.5 Å². The molecule has 0 atom stereocenters. The highest BCUT2D eigenvalue weighted by molar-refractivity contribution is 5.94. The van der Waals surface area contributed by atoms with Crippen LogP contribution in [0.25, 0.3) is 0 Å². The predicted octanol–water partition coefficient (Wildman–Crippen LogP) is 1.84. The van der Waals surface area contributed by atoms with Crippen molar-refractivity contribution in [2.75, 3.05) is 0 Å². The molecule has 3 N–H and O–H groups in total. The first-order chi connectivity index (χ1) is 11.7. The van der Waals surface area contributed by atoms with Gasteiger partial charge < -0.3 is 20.1 Å². The molecule has 2 rings (SSSR count). The first-order valence-electron chi connectivity index (χ1n) is 7.54. The van der Waals surface area contributed by atoms with E-state index in [0.717, 1.165) is 5.56 Å². The van der Waals surface area contributed by atoms with Gasteiger partial charge in [-0.15, -0.1) is 0 Å². The van der Waals surface area contributed by atoms with Gasteiger partial charge in [-0.2, -0.15) is 0 Å². The van der Waals surface area contributed by atoms with Gasteiger partial charge in [0.05, 0.1) is 5.54 Å². The molecule has 0 unspecified atom stereocenters. The highest BCUT2D eigenvalue weighted by Gasteiger charge is 2.29. The number of ether oxygens (including phenoxy) is 1. The van der Waals surface area contributed by atoms with Gasteiger partial charge in [-0.1, -0.05) is 30.3 Å². The molecule has 1 heterocycles. The Balaban J connectivity index is 2.14. The van der Waals surface area contributed by atoms with Crippen LogP contribution in [0.15, 0.2) is 35.1 Å². The van der Waals surface area contributed by atoms with Crippen LogP contribution in [0.2, 0.25) is 0 Å². The predicted molar refractivity (Wildman–Crippen MR) is 89.3 cm³/mol. The number of aromatic nitrogens is 2. The molecule has 0 spiro atoms. The van der Waals surface area contributed by atoms with Crippen molar-refractivity contribution in [3.8, 4) is 5.75 Å². The fourth-order valence-electron chi connectivity index (χ4n) is 2.08. The zero-order valence-electron chi connectivity index (χ0n) is 14.1. The Hall–Kier alpha value is -3.16. The molecule has 8 nitrogen and oxygen atoms in total. The number of benzene rings is 1. The van der Waals surface area contributed by atoms with E-state index in [1.54, 1.807) is 13.8 Å². The number of carbonyl (C=O) groups excluding carboxylic acids is 2. The first-order valence-corrected chi connectivity index (χ1v) is 7.54. The second-order valence-corrected chi connectivity index (χ2v) is 5.98. The van der Waals surface area contributed by atoms with E-state index >= 15 is 0 Å². The molecular formula is C17H19N3O5. The topological polar surface area (TPSA) is 121 Å². The quantitative estimate of drug-likeness (QED) is 0.711. The molecule has 0 aliphatic rings. The van der Waals surface area contributed by atoms with E-state index in [0.29, 0.717) is 0 Å². The summed E-state index contributed by atoms with van der Waals surface area (Å²) in [6.07, 6.45) is -0.714. The van der Waals surface area contributed by atoms with Crippen molar-refractivity contribution in [3.63, 3.8) is 0 Å². The largest absolute Gasteiger partial charge is 0.501 e. The van der Waals surface area contributed by atoms with Crippen molar-refractivity contribution >= 4 is 11.9 Å². The summed E-state index contributed by atoms with van der Waals surface area (Å²) in [5.74, 6) is -1.29. The van der Waals surface area contributed by atoms with E-state index in [2.05, 4.69) is 15.3 Å². The van der Waals surface area contributed by atoms with E-state index in [4.69, 9.17) is 4.74 Å². The average Bonchev–Trinajstić information content (AvgIpc) is 2.55. The van der Waals surface area contributed by atoms with Gasteiger partial charge in [-0.05, 0) is 19.4 Å². The van der Waals surface area contributed by atoms with Crippen LogP contribution in [0.5, 0.6) is 5.75 Å². The van der Waals surface area contributed by atoms with Crippen molar-refractivity contribution in [2.24, 2.45) is 0 Å². The molecule has 1 aromatic carbocycles. The highest BCUT2D eigenvalue weighted by atomic mass is 16.5. The number of ketones is 1. The normalized spacial score (nSPS) is 11.0. The maximum Gasteiger partial charge on any atom is 0.408 e. The number of Topliss-reactive ketones (excluding diaryl/α,β-unsaturated/α-hetero) is 1. The number of nitrogens with one attached hydrogen (secondary N) is 2. The van der Waals surface area contributed by atoms with Gasteiger partial charge in [-0.3, -0.25) is 9.59 Å². The fourth-order valence-corrected chi connectivity index (χ4v) is 2.08. The Morgan fingerprint density at radius 3 is 2.52 bits per heavy atom. The number of carbonyl (C=O) groups is 2. The summed E-state index contributed by atoms with van der Waals surface area (Å²) in [5.41, 5.74) is -1.52. The zero-order chi connectivity index (χ0) is 18.6. The van der Waals surface area contributed by atoms with Crippen LogP contribution < -0.4 is 10.9 Å². The number of hydrogen-bond acceptors (Lipinski definition) is 6. The summed E-state index contributed by atoms with van der Waals surface area (Å²) in [4.78, 5) is 41.6. The summed E-state index contributed by atoms with van der Waals surface area (Å²) in [6, 6.07) is 9.14. The van der Waals surface area contributed by atoms with Crippen LogP contribution >= 0.6 is 0 Å². The summed E-state index contributed by atoms with van der Waals surface area (Å²) in [5, 5.41) is 12.2. The Labute approximate surface area is 143 Å². The van der Waals surface area contributed by atoms with Crippen LogP contribution in [0, 0.1) is 0 Å². The van der Waals surface area contributed by atoms with Crippen LogP contribution in [0.4, 0.5) is 4.79 Å². The fraction of sp³-hybridized carbons (Fsp3) is 0.294. The number of amides is 1. The van der Waals surface area contributed by atoms with Crippen LogP contribution in [0.1, 0.15) is 42.6 Å². The van der Waals surface area contributed by atoms with E-state index in [9.17, 15) is 19.5 Å². The summed E-state index contributed by atoms with van der Waals surface area (Å²) >= 11 is 0. The van der Waals surface area contributed by atoms with E-state index in [1.165, 1.54) is 6.92 Å². The highest BCUT2D eigenvalue weighted by Crippen LogP contribution is 2.18. The maximum absolute atomic E-state index is 12.0. The lowest BCUT2D eigenvalue weighted by Gasteiger charge is -2.25. The molecule has 0 radical (unpaired) electrons. The van der Waals surface area contributed by atoms with E-state index < -0.39 is 28.7 Å². The molecule has 1 aromatic heterocycles. The van der Waals surface area contributed by atoms with Gasteiger partial charge in [0, 0.05) is 6.92 Å². The minimum absolute atomic E-state index is 0.0251. The molecule has 0 aliphatic heterocycles. The molecule has 2 aromatic rings. The van der Waals surface area contributed by atoms with Crippen LogP contribution in [-0.4, -0.2) is 27.0 Å². The van der Waals surface area contributed by atoms with Gasteiger partial charge in [0.2, 0.25) is 5.75 Å². The molecule has 1 amide bonds. The number of nitrogens with zero attached hydrogens (tertiary/aromatic N) is 1. The Kier molecular flexibility index (Phi) is 5.21. The standard InChI is InChI=1S/C17H19N3O5/c1-10(21)12-13(22)14(23)19-15(18-12)17(2,3)20-16(24)25-9-11-7-5-4-6-8-11/h4-8,22H,9H2,1-3H3,(H,20,24)(H,18,19,23). The lowest BCUT2D eigenvalue weighted by Crippen LogP contribution is -2.43. The Bertz CT molecular complexity index is 843. The van der Waals surface area contributed by atoms with Crippen molar-refractivity contribution < 1.29 is 19.4 Å². The van der Waals surface area contributed by atoms with Crippen molar-refractivity contribution in [1.82, 2.24) is 15.3 Å². The number of hydrogen-bond donors (Lipinski definition) is 3. The number of H-pyrrole nitrogens is 1. The van der Waals surface area contributed by atoms with Crippen LogP contribution in [0.3, 0.4) is 0 Å². The van der Waals surface area contributed by atoms with Crippen molar-refractivity contribution in [2.45, 2.75) is 32.9 Å². The SMILES string of the molecule is CC(=O)c1nc(C(C)(C)NC(=O)OCc2ccccc2)[nH]c(=O)c1O. The number of aromatic amines is 1. The lowest BCUT2D eigenvalue weighted by molar-refractivity contribution is 0.100. The first kappa shape index (κ1) is 18.2. The third kappa shape index (κ3) is 4.43. The second kappa shape index (κ2) is 7.16. The number of rotatable bonds is 5.